The van der Waals surface area contributed by atoms with Crippen LogP contribution in [0.2, 0.25) is 0 Å². The van der Waals surface area contributed by atoms with E-state index in [2.05, 4.69) is 16.0 Å². The SMILES string of the molecule is C[C@]1(CSc2ccccc2C(=O)NCc2ccc(Oc3ccc(F)cc3)cc2)NC(=O)NC1=O. The molecule has 4 amide bonds. The Morgan fingerprint density at radius 2 is 1.65 bits per heavy atom. The van der Waals surface area contributed by atoms with E-state index in [4.69, 9.17) is 4.74 Å². The smallest absolute Gasteiger partial charge is 0.322 e. The summed E-state index contributed by atoms with van der Waals surface area (Å²) >= 11 is 1.33. The standard InChI is InChI=1S/C25H22FN3O4S/c1-25(23(31)28-24(32)29-25)15-34-21-5-3-2-4-20(21)22(30)27-14-16-6-10-18(11-7-16)33-19-12-8-17(26)9-13-19/h2-13H,14-15H2,1H3,(H,27,30)(H2,28,29,31,32)/t25-/m1/s1. The van der Waals surface area contributed by atoms with E-state index in [9.17, 15) is 18.8 Å². The van der Waals surface area contributed by atoms with Crippen LogP contribution >= 0.6 is 11.8 Å². The van der Waals surface area contributed by atoms with Crippen LogP contribution in [-0.4, -0.2) is 29.1 Å². The molecule has 0 radical (unpaired) electrons. The molecule has 34 heavy (non-hydrogen) atoms. The monoisotopic (exact) mass is 479 g/mol. The van der Waals surface area contributed by atoms with E-state index in [1.807, 2.05) is 18.2 Å². The first-order valence-corrected chi connectivity index (χ1v) is 11.5. The van der Waals surface area contributed by atoms with Gasteiger partial charge in [-0.25, -0.2) is 9.18 Å². The maximum atomic E-state index is 13.0. The number of hydrogen-bond donors (Lipinski definition) is 3. The molecule has 1 saturated heterocycles. The summed E-state index contributed by atoms with van der Waals surface area (Å²) in [6.07, 6.45) is 0. The van der Waals surface area contributed by atoms with Crippen molar-refractivity contribution >= 4 is 29.6 Å². The number of carbonyl (C=O) groups is 3. The summed E-state index contributed by atoms with van der Waals surface area (Å²) in [7, 11) is 0. The van der Waals surface area contributed by atoms with Crippen molar-refractivity contribution in [3.05, 3.63) is 89.7 Å². The maximum absolute atomic E-state index is 13.0. The van der Waals surface area contributed by atoms with Gasteiger partial charge in [0.1, 0.15) is 22.9 Å². The van der Waals surface area contributed by atoms with Gasteiger partial charge in [0.15, 0.2) is 0 Å². The van der Waals surface area contributed by atoms with Crippen LogP contribution in [0.4, 0.5) is 9.18 Å². The molecular formula is C25H22FN3O4S. The van der Waals surface area contributed by atoms with Crippen LogP contribution in [0.15, 0.2) is 77.7 Å². The van der Waals surface area contributed by atoms with E-state index in [1.54, 1.807) is 49.4 Å². The summed E-state index contributed by atoms with van der Waals surface area (Å²) in [6, 6.07) is 19.6. The highest BCUT2D eigenvalue weighted by Gasteiger charge is 2.41. The van der Waals surface area contributed by atoms with Gasteiger partial charge >= 0.3 is 6.03 Å². The van der Waals surface area contributed by atoms with E-state index in [0.29, 0.717) is 28.5 Å². The van der Waals surface area contributed by atoms with Crippen LogP contribution in [0.1, 0.15) is 22.8 Å². The first-order valence-electron chi connectivity index (χ1n) is 10.5. The fourth-order valence-corrected chi connectivity index (χ4v) is 4.41. The van der Waals surface area contributed by atoms with Crippen LogP contribution in [0, 0.1) is 5.82 Å². The van der Waals surface area contributed by atoms with Gasteiger partial charge in [-0.1, -0.05) is 24.3 Å². The number of amides is 4. The van der Waals surface area contributed by atoms with Crippen molar-refractivity contribution in [1.82, 2.24) is 16.0 Å². The van der Waals surface area contributed by atoms with Gasteiger partial charge in [-0.2, -0.15) is 0 Å². The third-order valence-corrected chi connectivity index (χ3v) is 6.58. The van der Waals surface area contributed by atoms with Gasteiger partial charge in [0.2, 0.25) is 0 Å². The Kier molecular flexibility index (Phi) is 6.83. The molecule has 0 unspecified atom stereocenters. The molecule has 174 valence electrons. The van der Waals surface area contributed by atoms with E-state index < -0.39 is 17.5 Å². The molecule has 0 saturated carbocycles. The van der Waals surface area contributed by atoms with E-state index in [1.165, 1.54) is 23.9 Å². The molecule has 0 aliphatic carbocycles. The van der Waals surface area contributed by atoms with Crippen LogP contribution < -0.4 is 20.7 Å². The average Bonchev–Trinajstić information content (AvgIpc) is 3.10. The molecule has 1 fully saturated rings. The van der Waals surface area contributed by atoms with Crippen LogP contribution in [0.25, 0.3) is 0 Å². The number of thioether (sulfide) groups is 1. The molecule has 1 aliphatic rings. The van der Waals surface area contributed by atoms with E-state index in [-0.39, 0.29) is 17.5 Å². The number of ether oxygens (including phenoxy) is 1. The Morgan fingerprint density at radius 1 is 1.00 bits per heavy atom. The van der Waals surface area contributed by atoms with Gasteiger partial charge in [0.05, 0.1) is 5.56 Å². The molecule has 3 aromatic rings. The molecule has 7 nitrogen and oxygen atoms in total. The summed E-state index contributed by atoms with van der Waals surface area (Å²) in [6.45, 7) is 1.96. The van der Waals surface area contributed by atoms with Crippen molar-refractivity contribution in [3.63, 3.8) is 0 Å². The van der Waals surface area contributed by atoms with Gasteiger partial charge in [0.25, 0.3) is 11.8 Å². The number of nitrogens with one attached hydrogen (secondary N) is 3. The Morgan fingerprint density at radius 3 is 2.29 bits per heavy atom. The maximum Gasteiger partial charge on any atom is 0.322 e. The largest absolute Gasteiger partial charge is 0.457 e. The quantitative estimate of drug-likeness (QED) is 0.332. The average molecular weight is 480 g/mol. The lowest BCUT2D eigenvalue weighted by Gasteiger charge is -2.20. The number of hydrogen-bond acceptors (Lipinski definition) is 5. The van der Waals surface area contributed by atoms with E-state index >= 15 is 0 Å². The summed E-state index contributed by atoms with van der Waals surface area (Å²) in [4.78, 5) is 37.0. The Balaban J connectivity index is 1.34. The second-order valence-electron chi connectivity index (χ2n) is 7.91. The van der Waals surface area contributed by atoms with E-state index in [0.717, 1.165) is 5.56 Å². The fourth-order valence-electron chi connectivity index (χ4n) is 3.28. The zero-order valence-electron chi connectivity index (χ0n) is 18.3. The first kappa shape index (κ1) is 23.3. The van der Waals surface area contributed by atoms with Crippen molar-refractivity contribution in [2.75, 3.05) is 5.75 Å². The number of benzene rings is 3. The molecule has 0 aromatic heterocycles. The highest BCUT2D eigenvalue weighted by atomic mass is 32.2. The van der Waals surface area contributed by atoms with Gasteiger partial charge in [-0.3, -0.25) is 14.9 Å². The van der Waals surface area contributed by atoms with Crippen LogP contribution in [0.3, 0.4) is 0 Å². The third-order valence-electron chi connectivity index (χ3n) is 5.19. The molecule has 1 atom stereocenters. The third kappa shape index (κ3) is 5.55. The Bertz CT molecular complexity index is 1220. The number of rotatable bonds is 8. The van der Waals surface area contributed by atoms with Crippen molar-refractivity contribution in [1.29, 1.82) is 0 Å². The summed E-state index contributed by atoms with van der Waals surface area (Å²) in [5.74, 6) is 0.437. The lowest BCUT2D eigenvalue weighted by Crippen LogP contribution is -2.46. The normalized spacial score (nSPS) is 17.1. The molecular weight excluding hydrogens is 457 g/mol. The predicted octanol–water partition coefficient (Wildman–Crippen LogP) is 4.24. The van der Waals surface area contributed by atoms with Crippen LogP contribution in [0.5, 0.6) is 11.5 Å². The first-order chi connectivity index (χ1) is 16.3. The molecule has 0 bridgehead atoms. The lowest BCUT2D eigenvalue weighted by atomic mass is 10.1. The number of urea groups is 1. The molecule has 0 spiro atoms. The minimum absolute atomic E-state index is 0.250. The molecule has 1 heterocycles. The molecule has 3 aromatic carbocycles. The second kappa shape index (κ2) is 9.96. The number of carbonyl (C=O) groups excluding carboxylic acids is 3. The highest BCUT2D eigenvalue weighted by molar-refractivity contribution is 7.99. The van der Waals surface area contributed by atoms with Crippen LogP contribution in [-0.2, 0) is 11.3 Å². The van der Waals surface area contributed by atoms with Crippen molar-refractivity contribution in [3.8, 4) is 11.5 Å². The fraction of sp³-hybridized carbons (Fsp3) is 0.160. The summed E-state index contributed by atoms with van der Waals surface area (Å²) < 4.78 is 18.7. The number of imide groups is 1. The van der Waals surface area contributed by atoms with Gasteiger partial charge in [0, 0.05) is 17.2 Å². The van der Waals surface area contributed by atoms with Gasteiger partial charge in [-0.15, -0.1) is 11.8 Å². The zero-order valence-corrected chi connectivity index (χ0v) is 19.1. The minimum Gasteiger partial charge on any atom is -0.457 e. The zero-order chi connectivity index (χ0) is 24.1. The molecule has 1 aliphatic heterocycles. The summed E-state index contributed by atoms with van der Waals surface area (Å²) in [5, 5.41) is 7.75. The van der Waals surface area contributed by atoms with Crippen molar-refractivity contribution in [2.24, 2.45) is 0 Å². The molecule has 9 heteroatoms. The van der Waals surface area contributed by atoms with Gasteiger partial charge in [-0.05, 0) is 61.0 Å². The molecule has 3 N–H and O–H groups in total. The second-order valence-corrected chi connectivity index (χ2v) is 8.92. The lowest BCUT2D eigenvalue weighted by molar-refractivity contribution is -0.122. The van der Waals surface area contributed by atoms with Crippen molar-refractivity contribution < 1.29 is 23.5 Å². The highest BCUT2D eigenvalue weighted by Crippen LogP contribution is 2.28. The number of halogens is 1. The molecule has 4 rings (SSSR count). The van der Waals surface area contributed by atoms with Gasteiger partial charge < -0.3 is 15.4 Å². The summed E-state index contributed by atoms with van der Waals surface area (Å²) in [5.41, 5.74) is 0.322. The van der Waals surface area contributed by atoms with Crippen molar-refractivity contribution in [2.45, 2.75) is 23.9 Å². The minimum atomic E-state index is -1.04. The predicted molar refractivity (Wildman–Crippen MR) is 126 cm³/mol. The Hall–Kier alpha value is -3.85. The topological polar surface area (TPSA) is 96.5 Å². The Labute approximate surface area is 200 Å².